The lowest BCUT2D eigenvalue weighted by atomic mass is 10.0. The number of carbonyl (C=O) groups excluding carboxylic acids is 1. The van der Waals surface area contributed by atoms with Crippen molar-refractivity contribution in [3.05, 3.63) is 42.5 Å². The van der Waals surface area contributed by atoms with E-state index in [1.165, 1.54) is 6.26 Å². The van der Waals surface area contributed by atoms with Crippen molar-refractivity contribution >= 4 is 23.2 Å². The zero-order valence-electron chi connectivity index (χ0n) is 12.4. The predicted octanol–water partition coefficient (Wildman–Crippen LogP) is 3.19. The predicted molar refractivity (Wildman–Crippen MR) is 83.6 cm³/mol. The van der Waals surface area contributed by atoms with Crippen molar-refractivity contribution in [1.82, 2.24) is 4.98 Å². The number of aromatic amines is 1. The molecule has 3 rings (SSSR count). The number of furan rings is 1. The fraction of sp³-hybridized carbons (Fsp3) is 0.176. The van der Waals surface area contributed by atoms with Crippen molar-refractivity contribution < 1.29 is 23.8 Å². The summed E-state index contributed by atoms with van der Waals surface area (Å²) >= 11 is 0. The smallest absolute Gasteiger partial charge is 0.314 e. The number of aldehydes is 1. The molecule has 23 heavy (non-hydrogen) atoms. The highest BCUT2D eigenvalue weighted by Gasteiger charge is 2.23. The van der Waals surface area contributed by atoms with Gasteiger partial charge in [-0.2, -0.15) is 0 Å². The Balaban J connectivity index is 2.03. The highest BCUT2D eigenvalue weighted by Crippen LogP contribution is 2.34. The van der Waals surface area contributed by atoms with Crippen LogP contribution < -0.4 is 4.74 Å². The first kappa shape index (κ1) is 14.9. The van der Waals surface area contributed by atoms with E-state index >= 15 is 0 Å². The van der Waals surface area contributed by atoms with Crippen LogP contribution in [-0.2, 0) is 9.59 Å². The van der Waals surface area contributed by atoms with Crippen LogP contribution in [0.1, 0.15) is 18.1 Å². The second-order valence-electron chi connectivity index (χ2n) is 5.14. The van der Waals surface area contributed by atoms with Crippen LogP contribution in [-0.4, -0.2) is 29.5 Å². The second-order valence-corrected chi connectivity index (χ2v) is 5.14. The van der Waals surface area contributed by atoms with E-state index in [0.717, 1.165) is 27.8 Å². The lowest BCUT2D eigenvalue weighted by Gasteiger charge is -2.03. The van der Waals surface area contributed by atoms with Crippen molar-refractivity contribution in [1.29, 1.82) is 0 Å². The maximum absolute atomic E-state index is 11.2. The molecular formula is C17H15NO5. The van der Waals surface area contributed by atoms with E-state index in [0.29, 0.717) is 6.29 Å². The van der Waals surface area contributed by atoms with Crippen LogP contribution in [0.5, 0.6) is 5.75 Å². The third kappa shape index (κ3) is 2.70. The zero-order valence-corrected chi connectivity index (χ0v) is 12.4. The first-order valence-electron chi connectivity index (χ1n) is 7.04. The normalized spacial score (nSPS) is 12.2. The molecule has 0 amide bonds. The Labute approximate surface area is 131 Å². The molecule has 0 spiro atoms. The van der Waals surface area contributed by atoms with Crippen molar-refractivity contribution in [2.75, 3.05) is 7.11 Å². The lowest BCUT2D eigenvalue weighted by Crippen LogP contribution is -2.11. The van der Waals surface area contributed by atoms with Gasteiger partial charge in [0.1, 0.15) is 23.7 Å². The maximum atomic E-state index is 11.2. The molecule has 6 heteroatoms. The van der Waals surface area contributed by atoms with Gasteiger partial charge in [0, 0.05) is 34.6 Å². The number of carbonyl (C=O) groups is 2. The van der Waals surface area contributed by atoms with Gasteiger partial charge in [-0.15, -0.1) is 0 Å². The Morgan fingerprint density at radius 2 is 2.26 bits per heavy atom. The quantitative estimate of drug-likeness (QED) is 0.682. The molecule has 1 atom stereocenters. The molecule has 1 unspecified atom stereocenters. The van der Waals surface area contributed by atoms with Crippen molar-refractivity contribution in [2.24, 2.45) is 0 Å². The summed E-state index contributed by atoms with van der Waals surface area (Å²) in [4.78, 5) is 25.0. The lowest BCUT2D eigenvalue weighted by molar-refractivity contribution is -0.140. The van der Waals surface area contributed by atoms with Crippen LogP contribution in [0.4, 0.5) is 0 Å². The van der Waals surface area contributed by atoms with Gasteiger partial charge in [0.05, 0.1) is 13.4 Å². The third-order valence-electron chi connectivity index (χ3n) is 3.79. The Bertz CT molecular complexity index is 861. The maximum Gasteiger partial charge on any atom is 0.314 e. The number of rotatable bonds is 6. The minimum atomic E-state index is -1.08. The molecule has 0 saturated heterocycles. The standard InChI is InChI=1S/C17H15NO5/c1-22-11-2-3-15-13(7-11)14(8-18-15)10-6-16(23-9-10)12(4-5-19)17(20)21/h2-3,5-9,12,18H,4H2,1H3,(H,20,21). The monoisotopic (exact) mass is 313 g/mol. The molecule has 0 aliphatic rings. The number of benzene rings is 1. The first-order valence-corrected chi connectivity index (χ1v) is 7.04. The molecule has 6 nitrogen and oxygen atoms in total. The van der Waals surface area contributed by atoms with Gasteiger partial charge in [-0.25, -0.2) is 0 Å². The largest absolute Gasteiger partial charge is 0.497 e. The molecule has 118 valence electrons. The van der Waals surface area contributed by atoms with Gasteiger partial charge >= 0.3 is 5.97 Å². The van der Waals surface area contributed by atoms with E-state index < -0.39 is 11.9 Å². The van der Waals surface area contributed by atoms with Gasteiger partial charge in [-0.1, -0.05) is 0 Å². The molecule has 2 heterocycles. The van der Waals surface area contributed by atoms with E-state index in [-0.39, 0.29) is 12.2 Å². The Hall–Kier alpha value is -3.02. The summed E-state index contributed by atoms with van der Waals surface area (Å²) in [5.41, 5.74) is 2.56. The SMILES string of the molecule is COc1ccc2[nH]cc(-c3coc(C(CC=O)C(=O)O)c3)c2c1. The Kier molecular flexibility index (Phi) is 3.89. The summed E-state index contributed by atoms with van der Waals surface area (Å²) in [5.74, 6) is -1.07. The molecule has 0 bridgehead atoms. The van der Waals surface area contributed by atoms with Crippen LogP contribution in [0.15, 0.2) is 41.1 Å². The van der Waals surface area contributed by atoms with Crippen molar-refractivity contribution in [3.8, 4) is 16.9 Å². The number of methoxy groups -OCH3 is 1. The average Bonchev–Trinajstić information content (AvgIpc) is 3.17. The van der Waals surface area contributed by atoms with Crippen LogP contribution in [0, 0.1) is 0 Å². The number of carboxylic acid groups (broad SMARTS) is 1. The summed E-state index contributed by atoms with van der Waals surface area (Å²) in [6.07, 6.45) is 3.79. The van der Waals surface area contributed by atoms with Gasteiger partial charge < -0.3 is 24.0 Å². The minimum Gasteiger partial charge on any atom is -0.497 e. The van der Waals surface area contributed by atoms with E-state index in [9.17, 15) is 14.7 Å². The summed E-state index contributed by atoms with van der Waals surface area (Å²) in [6, 6.07) is 7.32. The molecule has 2 N–H and O–H groups in total. The molecule has 2 aromatic heterocycles. The fourth-order valence-corrected chi connectivity index (χ4v) is 2.58. The number of fused-ring (bicyclic) bond motifs is 1. The first-order chi connectivity index (χ1) is 11.1. The molecular weight excluding hydrogens is 298 g/mol. The topological polar surface area (TPSA) is 92.5 Å². The number of H-pyrrole nitrogens is 1. The number of carboxylic acids is 1. The van der Waals surface area contributed by atoms with Crippen LogP contribution in [0.2, 0.25) is 0 Å². The number of nitrogens with one attached hydrogen (secondary N) is 1. The molecule has 0 saturated carbocycles. The van der Waals surface area contributed by atoms with Crippen LogP contribution in [0.3, 0.4) is 0 Å². The van der Waals surface area contributed by atoms with Gasteiger partial charge in [0.2, 0.25) is 0 Å². The highest BCUT2D eigenvalue weighted by molar-refractivity contribution is 5.96. The molecule has 0 aliphatic carbocycles. The van der Waals surface area contributed by atoms with E-state index in [2.05, 4.69) is 4.98 Å². The molecule has 0 radical (unpaired) electrons. The van der Waals surface area contributed by atoms with Crippen molar-refractivity contribution in [3.63, 3.8) is 0 Å². The van der Waals surface area contributed by atoms with Crippen LogP contribution >= 0.6 is 0 Å². The van der Waals surface area contributed by atoms with E-state index in [1.807, 2.05) is 24.4 Å². The second kappa shape index (κ2) is 6.00. The number of aliphatic carboxylic acids is 1. The Morgan fingerprint density at radius 3 is 2.96 bits per heavy atom. The zero-order chi connectivity index (χ0) is 16.4. The number of hydrogen-bond acceptors (Lipinski definition) is 4. The van der Waals surface area contributed by atoms with E-state index in [4.69, 9.17) is 9.15 Å². The summed E-state index contributed by atoms with van der Waals surface area (Å²) in [6.45, 7) is 0. The third-order valence-corrected chi connectivity index (χ3v) is 3.79. The van der Waals surface area contributed by atoms with Gasteiger partial charge in [0.25, 0.3) is 0 Å². The molecule has 0 aliphatic heterocycles. The Morgan fingerprint density at radius 1 is 1.43 bits per heavy atom. The van der Waals surface area contributed by atoms with E-state index in [1.54, 1.807) is 13.2 Å². The summed E-state index contributed by atoms with van der Waals surface area (Å²) in [7, 11) is 1.60. The van der Waals surface area contributed by atoms with Gasteiger partial charge in [-0.3, -0.25) is 4.79 Å². The number of ether oxygens (including phenoxy) is 1. The van der Waals surface area contributed by atoms with Crippen molar-refractivity contribution in [2.45, 2.75) is 12.3 Å². The number of aromatic nitrogens is 1. The molecule has 3 aromatic rings. The van der Waals surface area contributed by atoms with Crippen LogP contribution in [0.25, 0.3) is 22.0 Å². The van der Waals surface area contributed by atoms with Gasteiger partial charge in [0.15, 0.2) is 0 Å². The summed E-state index contributed by atoms with van der Waals surface area (Å²) in [5, 5.41) is 10.1. The minimum absolute atomic E-state index is 0.121. The number of hydrogen-bond donors (Lipinski definition) is 2. The fourth-order valence-electron chi connectivity index (χ4n) is 2.58. The molecule has 0 fully saturated rings. The highest BCUT2D eigenvalue weighted by atomic mass is 16.5. The summed E-state index contributed by atoms with van der Waals surface area (Å²) < 4.78 is 10.6. The van der Waals surface area contributed by atoms with Gasteiger partial charge in [-0.05, 0) is 24.3 Å². The average molecular weight is 313 g/mol. The molecule has 1 aromatic carbocycles.